The number of hydrogen-bond donors (Lipinski definition) is 1. The van der Waals surface area contributed by atoms with Gasteiger partial charge in [-0.05, 0) is 6.92 Å². The molecular formula is C9H19NO2. The van der Waals surface area contributed by atoms with Gasteiger partial charge in [0, 0.05) is 12.6 Å². The standard InChI is InChI=1S/C9H19NO2/c1-7(2)10-4-8(3)12-9-5-11-6-9/h7-10H,4-6H2,1-3H3. The summed E-state index contributed by atoms with van der Waals surface area (Å²) in [5, 5.41) is 3.33. The molecule has 1 rings (SSSR count). The first kappa shape index (κ1) is 9.96. The Hall–Kier alpha value is -0.120. The predicted octanol–water partition coefficient (Wildman–Crippen LogP) is 0.788. The van der Waals surface area contributed by atoms with Crippen molar-refractivity contribution in [3.8, 4) is 0 Å². The third-order valence-corrected chi connectivity index (χ3v) is 1.85. The van der Waals surface area contributed by atoms with Crippen molar-refractivity contribution in [3.63, 3.8) is 0 Å². The van der Waals surface area contributed by atoms with E-state index in [1.807, 2.05) is 0 Å². The SMILES string of the molecule is CC(C)NCC(C)OC1COC1. The van der Waals surface area contributed by atoms with Crippen LogP contribution in [0.2, 0.25) is 0 Å². The maximum absolute atomic E-state index is 5.65. The number of rotatable bonds is 5. The number of hydrogen-bond acceptors (Lipinski definition) is 3. The van der Waals surface area contributed by atoms with Crippen molar-refractivity contribution in [1.82, 2.24) is 5.32 Å². The van der Waals surface area contributed by atoms with Crippen LogP contribution in [0.3, 0.4) is 0 Å². The van der Waals surface area contributed by atoms with Crippen molar-refractivity contribution in [2.75, 3.05) is 19.8 Å². The lowest BCUT2D eigenvalue weighted by atomic mass is 10.3. The molecule has 0 spiro atoms. The van der Waals surface area contributed by atoms with E-state index in [9.17, 15) is 0 Å². The minimum absolute atomic E-state index is 0.293. The van der Waals surface area contributed by atoms with Crippen molar-refractivity contribution in [3.05, 3.63) is 0 Å². The smallest absolute Gasteiger partial charge is 0.104 e. The molecule has 1 atom stereocenters. The fourth-order valence-corrected chi connectivity index (χ4v) is 1.07. The van der Waals surface area contributed by atoms with E-state index >= 15 is 0 Å². The molecule has 1 saturated heterocycles. The molecule has 1 fully saturated rings. The van der Waals surface area contributed by atoms with Gasteiger partial charge < -0.3 is 14.8 Å². The summed E-state index contributed by atoms with van der Waals surface area (Å²) in [5.74, 6) is 0. The maximum atomic E-state index is 5.65. The van der Waals surface area contributed by atoms with Crippen LogP contribution in [-0.4, -0.2) is 38.0 Å². The van der Waals surface area contributed by atoms with Crippen LogP contribution < -0.4 is 5.32 Å². The molecule has 1 aliphatic heterocycles. The lowest BCUT2D eigenvalue weighted by Crippen LogP contribution is -2.41. The fraction of sp³-hybridized carbons (Fsp3) is 1.00. The quantitative estimate of drug-likeness (QED) is 0.666. The maximum Gasteiger partial charge on any atom is 0.104 e. The van der Waals surface area contributed by atoms with Crippen LogP contribution >= 0.6 is 0 Å². The molecule has 0 bridgehead atoms. The van der Waals surface area contributed by atoms with Crippen molar-refractivity contribution < 1.29 is 9.47 Å². The van der Waals surface area contributed by atoms with Gasteiger partial charge in [0.05, 0.1) is 19.3 Å². The average Bonchev–Trinajstić information content (AvgIpc) is 1.93. The Balaban J connectivity index is 1.98. The Morgan fingerprint density at radius 2 is 2.08 bits per heavy atom. The van der Waals surface area contributed by atoms with Gasteiger partial charge in [-0.1, -0.05) is 13.8 Å². The normalized spacial score (nSPS) is 21.0. The minimum atomic E-state index is 0.293. The molecule has 0 aromatic heterocycles. The molecular weight excluding hydrogens is 154 g/mol. The van der Waals surface area contributed by atoms with E-state index in [-0.39, 0.29) is 0 Å². The van der Waals surface area contributed by atoms with Crippen molar-refractivity contribution >= 4 is 0 Å². The Labute approximate surface area is 74.4 Å². The summed E-state index contributed by atoms with van der Waals surface area (Å²) >= 11 is 0. The van der Waals surface area contributed by atoms with Crippen LogP contribution in [0.1, 0.15) is 20.8 Å². The van der Waals surface area contributed by atoms with E-state index in [4.69, 9.17) is 9.47 Å². The summed E-state index contributed by atoms with van der Waals surface area (Å²) in [7, 11) is 0. The zero-order valence-corrected chi connectivity index (χ0v) is 8.17. The molecule has 12 heavy (non-hydrogen) atoms. The number of ether oxygens (including phenoxy) is 2. The third kappa shape index (κ3) is 3.52. The van der Waals surface area contributed by atoms with Crippen LogP contribution in [0.15, 0.2) is 0 Å². The molecule has 1 aliphatic rings. The average molecular weight is 173 g/mol. The highest BCUT2D eigenvalue weighted by Gasteiger charge is 2.21. The van der Waals surface area contributed by atoms with Crippen molar-refractivity contribution in [2.45, 2.75) is 39.0 Å². The van der Waals surface area contributed by atoms with E-state index in [0.29, 0.717) is 18.2 Å². The van der Waals surface area contributed by atoms with E-state index in [0.717, 1.165) is 19.8 Å². The summed E-state index contributed by atoms with van der Waals surface area (Å²) < 4.78 is 10.7. The summed E-state index contributed by atoms with van der Waals surface area (Å²) in [4.78, 5) is 0. The van der Waals surface area contributed by atoms with Gasteiger partial charge in [-0.25, -0.2) is 0 Å². The third-order valence-electron chi connectivity index (χ3n) is 1.85. The van der Waals surface area contributed by atoms with Crippen LogP contribution in [0.25, 0.3) is 0 Å². The van der Waals surface area contributed by atoms with Gasteiger partial charge in [-0.3, -0.25) is 0 Å². The Bertz CT molecular complexity index is 124. The first-order valence-electron chi connectivity index (χ1n) is 4.65. The Kier molecular flexibility index (Phi) is 3.98. The second kappa shape index (κ2) is 4.80. The zero-order chi connectivity index (χ0) is 8.97. The minimum Gasteiger partial charge on any atom is -0.376 e. The summed E-state index contributed by atoms with van der Waals surface area (Å²) in [5.41, 5.74) is 0. The highest BCUT2D eigenvalue weighted by Crippen LogP contribution is 2.07. The zero-order valence-electron chi connectivity index (χ0n) is 8.17. The molecule has 0 aromatic carbocycles. The van der Waals surface area contributed by atoms with Gasteiger partial charge in [0.15, 0.2) is 0 Å². The Morgan fingerprint density at radius 1 is 1.42 bits per heavy atom. The molecule has 0 radical (unpaired) electrons. The first-order chi connectivity index (χ1) is 5.68. The van der Waals surface area contributed by atoms with Crippen LogP contribution in [0.5, 0.6) is 0 Å². The van der Waals surface area contributed by atoms with Gasteiger partial charge in [-0.15, -0.1) is 0 Å². The molecule has 1 heterocycles. The lowest BCUT2D eigenvalue weighted by molar-refractivity contribution is -0.149. The van der Waals surface area contributed by atoms with E-state index in [2.05, 4.69) is 26.1 Å². The van der Waals surface area contributed by atoms with Crippen molar-refractivity contribution in [1.29, 1.82) is 0 Å². The first-order valence-corrected chi connectivity index (χ1v) is 4.65. The van der Waals surface area contributed by atoms with E-state index < -0.39 is 0 Å². The monoisotopic (exact) mass is 173 g/mol. The van der Waals surface area contributed by atoms with E-state index in [1.165, 1.54) is 0 Å². The lowest BCUT2D eigenvalue weighted by Gasteiger charge is -2.29. The highest BCUT2D eigenvalue weighted by molar-refractivity contribution is 4.68. The highest BCUT2D eigenvalue weighted by atomic mass is 16.6. The molecule has 1 N–H and O–H groups in total. The second-order valence-corrected chi connectivity index (χ2v) is 3.67. The molecule has 3 nitrogen and oxygen atoms in total. The molecule has 1 unspecified atom stereocenters. The van der Waals surface area contributed by atoms with Gasteiger partial charge in [0.25, 0.3) is 0 Å². The molecule has 72 valence electrons. The summed E-state index contributed by atoms with van der Waals surface area (Å²) in [6, 6.07) is 0.536. The van der Waals surface area contributed by atoms with Crippen LogP contribution in [0.4, 0.5) is 0 Å². The van der Waals surface area contributed by atoms with Crippen LogP contribution in [0, 0.1) is 0 Å². The van der Waals surface area contributed by atoms with Gasteiger partial charge >= 0.3 is 0 Å². The number of nitrogens with one attached hydrogen (secondary N) is 1. The topological polar surface area (TPSA) is 30.5 Å². The molecule has 0 amide bonds. The van der Waals surface area contributed by atoms with E-state index in [1.54, 1.807) is 0 Å². The van der Waals surface area contributed by atoms with Gasteiger partial charge in [-0.2, -0.15) is 0 Å². The fourth-order valence-electron chi connectivity index (χ4n) is 1.07. The molecule has 0 saturated carbocycles. The predicted molar refractivity (Wildman–Crippen MR) is 48.3 cm³/mol. The van der Waals surface area contributed by atoms with Crippen molar-refractivity contribution in [2.24, 2.45) is 0 Å². The molecule has 0 aromatic rings. The largest absolute Gasteiger partial charge is 0.376 e. The second-order valence-electron chi connectivity index (χ2n) is 3.67. The molecule has 3 heteroatoms. The summed E-state index contributed by atoms with van der Waals surface area (Å²) in [6.45, 7) is 8.83. The summed E-state index contributed by atoms with van der Waals surface area (Å²) in [6.07, 6.45) is 0.635. The van der Waals surface area contributed by atoms with Gasteiger partial charge in [0.1, 0.15) is 6.10 Å². The van der Waals surface area contributed by atoms with Crippen LogP contribution in [-0.2, 0) is 9.47 Å². The molecule has 0 aliphatic carbocycles. The Morgan fingerprint density at radius 3 is 2.50 bits per heavy atom. The van der Waals surface area contributed by atoms with Gasteiger partial charge in [0.2, 0.25) is 0 Å².